The van der Waals surface area contributed by atoms with Gasteiger partial charge in [-0.1, -0.05) is 25.0 Å². The summed E-state index contributed by atoms with van der Waals surface area (Å²) < 4.78 is 38.8. The molecule has 1 saturated carbocycles. The van der Waals surface area contributed by atoms with E-state index in [2.05, 4.69) is 21.3 Å². The molecule has 0 bridgehead atoms. The number of halogens is 1. The number of thiazole rings is 1. The average Bonchev–Trinajstić information content (AvgIpc) is 3.41. The van der Waals surface area contributed by atoms with Crippen molar-refractivity contribution in [1.29, 1.82) is 5.26 Å². The highest BCUT2D eigenvalue weighted by Gasteiger charge is 2.44. The number of anilines is 1. The van der Waals surface area contributed by atoms with E-state index in [1.165, 1.54) is 23.6 Å². The number of benzene rings is 1. The molecule has 41 heavy (non-hydrogen) atoms. The number of aromatic nitrogens is 2. The maximum atomic E-state index is 13.6. The summed E-state index contributed by atoms with van der Waals surface area (Å²) in [6.45, 7) is 1.55. The summed E-state index contributed by atoms with van der Waals surface area (Å²) in [6, 6.07) is 13.3. The molecule has 12 heteroatoms. The van der Waals surface area contributed by atoms with Crippen molar-refractivity contribution in [2.75, 3.05) is 42.7 Å². The van der Waals surface area contributed by atoms with Crippen LogP contribution in [0.1, 0.15) is 37.3 Å². The van der Waals surface area contributed by atoms with Gasteiger partial charge in [0.05, 0.1) is 53.3 Å². The molecule has 3 aliphatic rings. The zero-order valence-electron chi connectivity index (χ0n) is 22.5. The van der Waals surface area contributed by atoms with Gasteiger partial charge in [0.15, 0.2) is 5.54 Å². The van der Waals surface area contributed by atoms with E-state index in [1.807, 2.05) is 24.3 Å². The van der Waals surface area contributed by atoms with Gasteiger partial charge in [-0.3, -0.25) is 18.9 Å². The Morgan fingerprint density at radius 1 is 1.15 bits per heavy atom. The third kappa shape index (κ3) is 5.82. The van der Waals surface area contributed by atoms with Crippen LogP contribution in [0.15, 0.2) is 42.6 Å². The smallest absolute Gasteiger partial charge is 0.225 e. The lowest BCUT2D eigenvalue weighted by Crippen LogP contribution is -2.62. The molecule has 9 nitrogen and oxygen atoms in total. The molecule has 1 aromatic carbocycles. The van der Waals surface area contributed by atoms with Gasteiger partial charge < -0.3 is 15.0 Å². The van der Waals surface area contributed by atoms with Crippen molar-refractivity contribution in [2.24, 2.45) is 5.92 Å². The number of nitrogens with zero attached hydrogens (tertiary/aromatic N) is 4. The highest BCUT2D eigenvalue weighted by Crippen LogP contribution is 2.46. The summed E-state index contributed by atoms with van der Waals surface area (Å²) >= 11 is 1.48. The van der Waals surface area contributed by atoms with Crippen LogP contribution in [0.3, 0.4) is 0 Å². The zero-order valence-corrected chi connectivity index (χ0v) is 24.1. The van der Waals surface area contributed by atoms with Crippen LogP contribution in [0, 0.1) is 23.1 Å². The Bertz CT molecular complexity index is 1440. The van der Waals surface area contributed by atoms with Crippen LogP contribution in [0.4, 0.5) is 10.1 Å². The Morgan fingerprint density at radius 2 is 1.88 bits per heavy atom. The minimum atomic E-state index is -2.48. The van der Waals surface area contributed by atoms with Gasteiger partial charge in [-0.25, -0.2) is 9.37 Å². The summed E-state index contributed by atoms with van der Waals surface area (Å²) in [6.07, 6.45) is 4.56. The van der Waals surface area contributed by atoms with Gasteiger partial charge >= 0.3 is 0 Å². The van der Waals surface area contributed by atoms with E-state index in [1.54, 1.807) is 6.07 Å². The lowest BCUT2D eigenvalue weighted by Gasteiger charge is -2.41. The van der Waals surface area contributed by atoms with Gasteiger partial charge in [0.25, 0.3) is 0 Å². The number of amides is 1. The van der Waals surface area contributed by atoms with Crippen molar-refractivity contribution in [3.63, 3.8) is 0 Å². The number of hydrogen-bond donors (Lipinski definition) is 3. The fourth-order valence-electron chi connectivity index (χ4n) is 5.78. The monoisotopic (exact) mass is 597 g/mol. The Kier molecular flexibility index (Phi) is 7.74. The van der Waals surface area contributed by atoms with E-state index >= 15 is 0 Å². The number of hydrogen-bond acceptors (Lipinski definition) is 9. The fourth-order valence-corrected chi connectivity index (χ4v) is 8.13. The van der Waals surface area contributed by atoms with Crippen LogP contribution in [0.5, 0.6) is 0 Å². The van der Waals surface area contributed by atoms with Gasteiger partial charge in [-0.05, 0) is 42.7 Å². The summed E-state index contributed by atoms with van der Waals surface area (Å²) in [5.74, 6) is -0.315. The second-order valence-electron chi connectivity index (χ2n) is 11.0. The molecule has 1 amide bonds. The Hall–Kier alpha value is -3.08. The first-order valence-electron chi connectivity index (χ1n) is 13.8. The molecule has 3 N–H and O–H groups in total. The highest BCUT2D eigenvalue weighted by molar-refractivity contribution is 8.24. The van der Waals surface area contributed by atoms with E-state index in [9.17, 15) is 23.6 Å². The second-order valence-corrected chi connectivity index (χ2v) is 14.4. The molecule has 2 aliphatic heterocycles. The largest absolute Gasteiger partial charge is 0.374 e. The summed E-state index contributed by atoms with van der Waals surface area (Å²) in [7, 11) is -2.48. The Labute approximate surface area is 243 Å². The molecule has 2 atom stereocenters. The maximum absolute atomic E-state index is 13.6. The van der Waals surface area contributed by atoms with Crippen molar-refractivity contribution in [3.8, 4) is 27.2 Å². The minimum Gasteiger partial charge on any atom is -0.374 e. The molecule has 0 radical (unpaired) electrons. The van der Waals surface area contributed by atoms with Gasteiger partial charge in [0, 0.05) is 30.6 Å². The quantitative estimate of drug-likeness (QED) is 0.351. The van der Waals surface area contributed by atoms with Crippen LogP contribution in [-0.2, 0) is 9.53 Å². The molecule has 2 saturated heterocycles. The number of carbonyl (C=O) groups is 1. The van der Waals surface area contributed by atoms with E-state index in [0.29, 0.717) is 41.7 Å². The number of ether oxygens (including phenoxy) is 1. The molecule has 6 rings (SSSR count). The van der Waals surface area contributed by atoms with Gasteiger partial charge in [0.2, 0.25) is 5.91 Å². The summed E-state index contributed by atoms with van der Waals surface area (Å²) in [5.41, 5.74) is 2.40. The highest BCUT2D eigenvalue weighted by atomic mass is 32.3. The number of nitrogens with one attached hydrogen (secondary N) is 1. The standard InChI is InChI=1S/C29H32FN5O4S2/c30-20-7-10-24(32-15-20)28-33-25(22-3-1-2-4-23(22)27(36)34-29(16-31)17-39-18-29)26(40-28)19-5-8-21(9-6-19)35-11-13-41(37,38)14-12-35/h5-10,15,22-23,37-38H,1-4,11-14,17-18H2,(H,34,36)/t22-,23-/m1/s1. The first-order chi connectivity index (χ1) is 19.8. The zero-order chi connectivity index (χ0) is 28.6. The fraction of sp³-hybridized carbons (Fsp3) is 0.448. The van der Waals surface area contributed by atoms with E-state index < -0.39 is 21.9 Å². The van der Waals surface area contributed by atoms with Gasteiger partial charge in [0.1, 0.15) is 10.8 Å². The summed E-state index contributed by atoms with van der Waals surface area (Å²) in [4.78, 5) is 25.9. The Balaban J connectivity index is 1.33. The Morgan fingerprint density at radius 3 is 2.51 bits per heavy atom. The van der Waals surface area contributed by atoms with Crippen LogP contribution in [0.25, 0.3) is 21.1 Å². The molecule has 2 aromatic heterocycles. The number of rotatable bonds is 6. The number of pyridine rings is 1. The van der Waals surface area contributed by atoms with Gasteiger partial charge in [-0.15, -0.1) is 11.3 Å². The molecular formula is C29H32FN5O4S2. The van der Waals surface area contributed by atoms with E-state index in [-0.39, 0.29) is 31.0 Å². The van der Waals surface area contributed by atoms with E-state index in [4.69, 9.17) is 9.72 Å². The number of nitriles is 1. The molecule has 1 aliphatic carbocycles. The second kappa shape index (κ2) is 11.3. The van der Waals surface area contributed by atoms with Crippen molar-refractivity contribution in [1.82, 2.24) is 15.3 Å². The predicted molar refractivity (Wildman–Crippen MR) is 158 cm³/mol. The molecular weight excluding hydrogens is 565 g/mol. The lowest BCUT2D eigenvalue weighted by atomic mass is 9.76. The van der Waals surface area contributed by atoms with Crippen LogP contribution < -0.4 is 10.2 Å². The lowest BCUT2D eigenvalue weighted by molar-refractivity contribution is -0.134. The third-order valence-corrected chi connectivity index (χ3v) is 11.0. The molecule has 3 aromatic rings. The third-order valence-electron chi connectivity index (χ3n) is 8.20. The normalized spacial score (nSPS) is 24.1. The van der Waals surface area contributed by atoms with Crippen molar-refractivity contribution in [2.45, 2.75) is 37.1 Å². The van der Waals surface area contributed by atoms with Crippen LogP contribution in [-0.4, -0.2) is 68.3 Å². The first-order valence-corrected chi connectivity index (χ1v) is 16.5. The minimum absolute atomic E-state index is 0.145. The maximum Gasteiger partial charge on any atom is 0.225 e. The SMILES string of the molecule is N#CC1(NC(=O)[C@@H]2CCCC[C@H]2c2nc(-c3ccc(F)cn3)sc2-c2ccc(N3CCS(O)(O)CC3)cc2)COC1. The molecule has 4 heterocycles. The number of carbonyl (C=O) groups excluding carboxylic acids is 1. The first kappa shape index (κ1) is 28.1. The molecule has 0 spiro atoms. The summed E-state index contributed by atoms with van der Waals surface area (Å²) in [5, 5.41) is 13.3. The molecule has 0 unspecified atom stereocenters. The van der Waals surface area contributed by atoms with Crippen LogP contribution >= 0.6 is 21.9 Å². The molecule has 216 valence electrons. The predicted octanol–water partition coefficient (Wildman–Crippen LogP) is 5.26. The van der Waals surface area contributed by atoms with Crippen molar-refractivity contribution in [3.05, 3.63) is 54.1 Å². The topological polar surface area (TPSA) is 132 Å². The van der Waals surface area contributed by atoms with Crippen molar-refractivity contribution >= 4 is 33.5 Å². The molecule has 3 fully saturated rings. The van der Waals surface area contributed by atoms with Crippen molar-refractivity contribution < 1.29 is 23.0 Å². The van der Waals surface area contributed by atoms with Crippen LogP contribution in [0.2, 0.25) is 0 Å². The van der Waals surface area contributed by atoms with E-state index in [0.717, 1.165) is 41.1 Å². The average molecular weight is 598 g/mol. The van der Waals surface area contributed by atoms with Gasteiger partial charge in [-0.2, -0.15) is 15.9 Å².